The lowest BCUT2D eigenvalue weighted by atomic mass is 10.1. The van der Waals surface area contributed by atoms with Gasteiger partial charge in [-0.05, 0) is 24.6 Å². The van der Waals surface area contributed by atoms with E-state index in [9.17, 15) is 4.79 Å². The largest absolute Gasteiger partial charge is 0.399 e. The van der Waals surface area contributed by atoms with Crippen molar-refractivity contribution in [1.82, 2.24) is 4.90 Å². The smallest absolute Gasteiger partial charge is 0.254 e. The van der Waals surface area contributed by atoms with Gasteiger partial charge < -0.3 is 16.4 Å². The molecular weight excluding hydrogens is 214 g/mol. The van der Waals surface area contributed by atoms with Gasteiger partial charge in [-0.3, -0.25) is 4.79 Å². The predicted molar refractivity (Wildman–Crippen MR) is 71.7 cm³/mol. The molecule has 1 rings (SSSR count). The predicted octanol–water partition coefficient (Wildman–Crippen LogP) is 1.89. The van der Waals surface area contributed by atoms with Crippen LogP contribution in [-0.2, 0) is 0 Å². The van der Waals surface area contributed by atoms with Crippen LogP contribution in [-0.4, -0.2) is 23.9 Å². The molecule has 0 atom stereocenters. The Morgan fingerprint density at radius 1 is 1.35 bits per heavy atom. The summed E-state index contributed by atoms with van der Waals surface area (Å²) in [5, 5.41) is 0. The van der Waals surface area contributed by atoms with Crippen molar-refractivity contribution in [2.24, 2.45) is 0 Å². The molecule has 1 aromatic carbocycles. The minimum absolute atomic E-state index is 0.0641. The van der Waals surface area contributed by atoms with Gasteiger partial charge in [0.1, 0.15) is 0 Å². The van der Waals surface area contributed by atoms with E-state index in [-0.39, 0.29) is 5.91 Å². The number of nitrogens with two attached hydrogens (primary N) is 2. The third-order valence-corrected chi connectivity index (χ3v) is 2.35. The van der Waals surface area contributed by atoms with E-state index in [2.05, 4.69) is 6.58 Å². The maximum Gasteiger partial charge on any atom is 0.254 e. The van der Waals surface area contributed by atoms with Crippen LogP contribution in [0.3, 0.4) is 0 Å². The van der Waals surface area contributed by atoms with Gasteiger partial charge in [0, 0.05) is 30.0 Å². The Balaban J connectivity index is 2.95. The fourth-order valence-corrected chi connectivity index (χ4v) is 1.68. The lowest BCUT2D eigenvalue weighted by Gasteiger charge is -2.20. The highest BCUT2D eigenvalue weighted by molar-refractivity contribution is 5.96. The first kappa shape index (κ1) is 13.1. The average Bonchev–Trinajstić information content (AvgIpc) is 2.26. The van der Waals surface area contributed by atoms with Crippen molar-refractivity contribution in [3.63, 3.8) is 0 Å². The second kappa shape index (κ2) is 5.94. The SMILES string of the molecule is C=CCN(CCC)C(=O)c1cc(N)cc(N)c1. The van der Waals surface area contributed by atoms with Gasteiger partial charge in [-0.15, -0.1) is 6.58 Å². The molecule has 0 bridgehead atoms. The zero-order chi connectivity index (χ0) is 12.8. The molecule has 0 fully saturated rings. The zero-order valence-electron chi connectivity index (χ0n) is 10.1. The van der Waals surface area contributed by atoms with Gasteiger partial charge in [0.05, 0.1) is 0 Å². The van der Waals surface area contributed by atoms with Crippen LogP contribution in [0.15, 0.2) is 30.9 Å². The molecule has 0 saturated heterocycles. The molecule has 4 N–H and O–H groups in total. The normalized spacial score (nSPS) is 9.94. The molecule has 0 spiro atoms. The van der Waals surface area contributed by atoms with E-state index in [4.69, 9.17) is 11.5 Å². The van der Waals surface area contributed by atoms with Crippen molar-refractivity contribution in [3.05, 3.63) is 36.4 Å². The van der Waals surface area contributed by atoms with Crippen molar-refractivity contribution in [2.45, 2.75) is 13.3 Å². The molecule has 0 aliphatic rings. The molecule has 0 radical (unpaired) electrons. The molecular formula is C13H19N3O. The van der Waals surface area contributed by atoms with E-state index >= 15 is 0 Å². The molecule has 1 amide bonds. The van der Waals surface area contributed by atoms with Crippen molar-refractivity contribution in [3.8, 4) is 0 Å². The quantitative estimate of drug-likeness (QED) is 0.602. The minimum atomic E-state index is -0.0641. The molecule has 0 aliphatic heterocycles. The third kappa shape index (κ3) is 3.52. The van der Waals surface area contributed by atoms with Crippen LogP contribution in [0, 0.1) is 0 Å². The standard InChI is InChI=1S/C13H19N3O/c1-3-5-16(6-4-2)13(17)10-7-11(14)9-12(15)8-10/h3,7-9H,1,4-6,14-15H2,2H3. The highest BCUT2D eigenvalue weighted by Crippen LogP contribution is 2.15. The van der Waals surface area contributed by atoms with E-state index < -0.39 is 0 Å². The van der Waals surface area contributed by atoms with Gasteiger partial charge in [-0.1, -0.05) is 13.0 Å². The second-order valence-corrected chi connectivity index (χ2v) is 3.93. The molecule has 1 aromatic rings. The van der Waals surface area contributed by atoms with E-state index in [1.807, 2.05) is 6.92 Å². The molecule has 0 saturated carbocycles. The zero-order valence-corrected chi connectivity index (χ0v) is 10.1. The van der Waals surface area contributed by atoms with Crippen LogP contribution in [0.1, 0.15) is 23.7 Å². The number of benzene rings is 1. The number of rotatable bonds is 5. The fraction of sp³-hybridized carbons (Fsp3) is 0.308. The Kier molecular flexibility index (Phi) is 4.57. The molecule has 92 valence electrons. The first-order valence-corrected chi connectivity index (χ1v) is 5.64. The highest BCUT2D eigenvalue weighted by atomic mass is 16.2. The van der Waals surface area contributed by atoms with E-state index in [1.54, 1.807) is 29.2 Å². The van der Waals surface area contributed by atoms with Gasteiger partial charge in [0.2, 0.25) is 0 Å². The number of nitrogen functional groups attached to an aromatic ring is 2. The van der Waals surface area contributed by atoms with Gasteiger partial charge >= 0.3 is 0 Å². The summed E-state index contributed by atoms with van der Waals surface area (Å²) >= 11 is 0. The van der Waals surface area contributed by atoms with Crippen LogP contribution in [0.25, 0.3) is 0 Å². The number of hydrogen-bond acceptors (Lipinski definition) is 3. The monoisotopic (exact) mass is 233 g/mol. The molecule has 4 heteroatoms. The maximum absolute atomic E-state index is 12.2. The Hall–Kier alpha value is -1.97. The van der Waals surface area contributed by atoms with Crippen LogP contribution in [0.2, 0.25) is 0 Å². The number of amides is 1. The lowest BCUT2D eigenvalue weighted by Crippen LogP contribution is -2.32. The number of anilines is 2. The van der Waals surface area contributed by atoms with Crippen molar-refractivity contribution >= 4 is 17.3 Å². The number of carbonyl (C=O) groups excluding carboxylic acids is 1. The van der Waals surface area contributed by atoms with Crippen molar-refractivity contribution in [2.75, 3.05) is 24.6 Å². The summed E-state index contributed by atoms with van der Waals surface area (Å²) in [4.78, 5) is 13.9. The van der Waals surface area contributed by atoms with Crippen molar-refractivity contribution in [1.29, 1.82) is 0 Å². The van der Waals surface area contributed by atoms with Gasteiger partial charge in [0.25, 0.3) is 5.91 Å². The summed E-state index contributed by atoms with van der Waals surface area (Å²) in [6.45, 7) is 6.90. The van der Waals surface area contributed by atoms with E-state index in [1.165, 1.54) is 0 Å². The number of carbonyl (C=O) groups is 1. The van der Waals surface area contributed by atoms with Crippen molar-refractivity contribution < 1.29 is 4.79 Å². The summed E-state index contributed by atoms with van der Waals surface area (Å²) in [6.07, 6.45) is 2.61. The Morgan fingerprint density at radius 3 is 2.41 bits per heavy atom. The first-order chi connectivity index (χ1) is 8.08. The molecule has 0 heterocycles. The number of nitrogens with zero attached hydrogens (tertiary/aromatic N) is 1. The summed E-state index contributed by atoms with van der Waals surface area (Å²) < 4.78 is 0. The lowest BCUT2D eigenvalue weighted by molar-refractivity contribution is 0.0774. The summed E-state index contributed by atoms with van der Waals surface area (Å²) in [7, 11) is 0. The van der Waals surface area contributed by atoms with Crippen LogP contribution in [0.5, 0.6) is 0 Å². The van der Waals surface area contributed by atoms with Crippen LogP contribution in [0.4, 0.5) is 11.4 Å². The minimum Gasteiger partial charge on any atom is -0.399 e. The molecule has 17 heavy (non-hydrogen) atoms. The topological polar surface area (TPSA) is 72.3 Å². The maximum atomic E-state index is 12.2. The third-order valence-electron chi connectivity index (χ3n) is 2.35. The number of hydrogen-bond donors (Lipinski definition) is 2. The summed E-state index contributed by atoms with van der Waals surface area (Å²) in [5.41, 5.74) is 12.9. The van der Waals surface area contributed by atoms with Gasteiger partial charge in [0.15, 0.2) is 0 Å². The van der Waals surface area contributed by atoms with Crippen LogP contribution >= 0.6 is 0 Å². The van der Waals surface area contributed by atoms with E-state index in [0.717, 1.165) is 6.42 Å². The summed E-state index contributed by atoms with van der Waals surface area (Å²) in [5.74, 6) is -0.0641. The molecule has 0 unspecified atom stereocenters. The summed E-state index contributed by atoms with van der Waals surface area (Å²) in [6, 6.07) is 4.92. The molecule has 0 aliphatic carbocycles. The van der Waals surface area contributed by atoms with Crippen LogP contribution < -0.4 is 11.5 Å². The first-order valence-electron chi connectivity index (χ1n) is 5.64. The average molecular weight is 233 g/mol. The Labute approximate surface area is 102 Å². The Bertz CT molecular complexity index is 395. The van der Waals surface area contributed by atoms with Gasteiger partial charge in [-0.2, -0.15) is 0 Å². The highest BCUT2D eigenvalue weighted by Gasteiger charge is 2.14. The second-order valence-electron chi connectivity index (χ2n) is 3.93. The molecule has 4 nitrogen and oxygen atoms in total. The Morgan fingerprint density at radius 2 is 1.94 bits per heavy atom. The van der Waals surface area contributed by atoms with Gasteiger partial charge in [-0.25, -0.2) is 0 Å². The van der Waals surface area contributed by atoms with E-state index in [0.29, 0.717) is 30.0 Å². The fourth-order valence-electron chi connectivity index (χ4n) is 1.68. The molecule has 0 aromatic heterocycles.